The van der Waals surface area contributed by atoms with Crippen molar-refractivity contribution in [1.29, 1.82) is 0 Å². The quantitative estimate of drug-likeness (QED) is 0.0718. The first-order valence-corrected chi connectivity index (χ1v) is 22.9. The molecule has 2 amide bonds. The molecule has 2 saturated carbocycles. The van der Waals surface area contributed by atoms with E-state index in [0.29, 0.717) is 43.1 Å². The van der Waals surface area contributed by atoms with E-state index in [2.05, 4.69) is 40.1 Å². The topological polar surface area (TPSA) is 266 Å². The summed E-state index contributed by atoms with van der Waals surface area (Å²) in [5.41, 5.74) is -0.413. The maximum absolute atomic E-state index is 13.5. The third-order valence-corrected chi connectivity index (χ3v) is 11.2. The monoisotopic (exact) mass is 1080 g/mol. The number of aromatic nitrogens is 10. The van der Waals surface area contributed by atoms with Crippen LogP contribution in [0.5, 0.6) is 23.5 Å². The van der Waals surface area contributed by atoms with Crippen molar-refractivity contribution in [3.63, 3.8) is 0 Å². The largest absolute Gasteiger partial charge is 0.464 e. The molecule has 412 valence electrons. The van der Waals surface area contributed by atoms with E-state index in [0.717, 1.165) is 43.3 Å². The van der Waals surface area contributed by atoms with Gasteiger partial charge in [-0.1, -0.05) is 14.9 Å². The molecule has 6 aromatic rings. The summed E-state index contributed by atoms with van der Waals surface area (Å²) in [6.07, 6.45) is -4.59. The Morgan fingerprint density at radius 3 is 1.38 bits per heavy atom. The van der Waals surface area contributed by atoms with E-state index in [-0.39, 0.29) is 67.7 Å². The number of amides is 2. The number of alkyl halides is 6. The maximum atomic E-state index is 13.5. The molecular weight excluding hydrogens is 1020 g/mol. The molecule has 0 radical (unpaired) electrons. The Morgan fingerprint density at radius 2 is 1.01 bits per heavy atom. The molecule has 6 heterocycles. The highest BCUT2D eigenvalue weighted by atomic mass is 19.4. The summed E-state index contributed by atoms with van der Waals surface area (Å²) in [4.78, 5) is 77.5. The van der Waals surface area contributed by atoms with Gasteiger partial charge in [-0.25, -0.2) is 58.4 Å². The van der Waals surface area contributed by atoms with Crippen LogP contribution in [-0.2, 0) is 52.0 Å². The number of imide groups is 1. The standard InChI is InChI=1S/C28H33F3N6O7.C18H17F3N6O3.2CH4/c1-8-41-22(38)27(11-9-12-27)37-20-18(21(35-37)42-17-14-16(10-13-32-17)28(29,30)31)19(33-15-34-20)36(23(39)43-25(2,3)4)24(40)44-26(5,6)7;1-2-29-16(28)17(5-3-6-17)27-14-12(13(22)24-9-25-14)15(26-27)30-11-8-10(4-7-23-11)18(19,20)21;;/h10,13-15H,8-9,11-12H2,1-7H3;4,7-9H,2-3,5-6H2,1H3,(H2,22,24,25);2*1H4. The molecule has 22 nitrogen and oxygen atoms in total. The fourth-order valence-corrected chi connectivity index (χ4v) is 7.66. The van der Waals surface area contributed by atoms with Gasteiger partial charge in [0.05, 0.1) is 24.3 Å². The molecule has 0 spiro atoms. The molecule has 2 fully saturated rings. The number of nitrogens with zero attached hydrogens (tertiary/aromatic N) is 11. The van der Waals surface area contributed by atoms with Gasteiger partial charge in [-0.15, -0.1) is 10.2 Å². The molecular formula is C48H58F6N12O10. The number of hydrogen-bond acceptors (Lipinski definition) is 19. The van der Waals surface area contributed by atoms with E-state index in [9.17, 15) is 45.5 Å². The van der Waals surface area contributed by atoms with Crippen molar-refractivity contribution in [2.45, 2.75) is 143 Å². The van der Waals surface area contributed by atoms with Gasteiger partial charge in [0.25, 0.3) is 11.8 Å². The molecule has 2 aliphatic carbocycles. The van der Waals surface area contributed by atoms with Crippen molar-refractivity contribution in [3.05, 3.63) is 60.4 Å². The van der Waals surface area contributed by atoms with E-state index >= 15 is 0 Å². The van der Waals surface area contributed by atoms with Crippen molar-refractivity contribution in [3.8, 4) is 23.5 Å². The van der Waals surface area contributed by atoms with Gasteiger partial charge in [-0.3, -0.25) is 0 Å². The minimum atomic E-state index is -4.71. The molecule has 2 N–H and O–H groups in total. The lowest BCUT2D eigenvalue weighted by Gasteiger charge is -2.39. The molecule has 76 heavy (non-hydrogen) atoms. The molecule has 8 rings (SSSR count). The average Bonchev–Trinajstić information content (AvgIpc) is 3.81. The van der Waals surface area contributed by atoms with Crippen LogP contribution in [0.4, 0.5) is 47.6 Å². The fraction of sp³-hybridized carbons (Fsp3) is 0.500. The Hall–Kier alpha value is -7.94. The van der Waals surface area contributed by atoms with Gasteiger partial charge < -0.3 is 34.2 Å². The lowest BCUT2D eigenvalue weighted by molar-refractivity contribution is -0.160. The Morgan fingerprint density at radius 1 is 0.618 bits per heavy atom. The van der Waals surface area contributed by atoms with Crippen LogP contribution in [0, 0.1) is 0 Å². The predicted molar refractivity (Wildman–Crippen MR) is 259 cm³/mol. The molecule has 0 unspecified atom stereocenters. The number of esters is 2. The first-order valence-electron chi connectivity index (χ1n) is 22.9. The second-order valence-electron chi connectivity index (χ2n) is 18.8. The van der Waals surface area contributed by atoms with Crippen LogP contribution in [0.15, 0.2) is 49.3 Å². The number of rotatable bonds is 11. The number of carbonyl (C=O) groups is 4. The predicted octanol–water partition coefficient (Wildman–Crippen LogP) is 10.5. The van der Waals surface area contributed by atoms with Crippen molar-refractivity contribution >= 4 is 57.8 Å². The van der Waals surface area contributed by atoms with E-state index in [1.165, 1.54) is 15.7 Å². The molecule has 28 heteroatoms. The molecule has 0 aliphatic heterocycles. The van der Waals surface area contributed by atoms with Crippen molar-refractivity contribution in [1.82, 2.24) is 49.5 Å². The highest BCUT2D eigenvalue weighted by Gasteiger charge is 2.52. The van der Waals surface area contributed by atoms with Crippen LogP contribution >= 0.6 is 0 Å². The van der Waals surface area contributed by atoms with Crippen LogP contribution in [0.1, 0.15) is 120 Å². The zero-order chi connectivity index (χ0) is 54.2. The Labute approximate surface area is 431 Å². The van der Waals surface area contributed by atoms with Gasteiger partial charge in [-0.05, 0) is 106 Å². The Kier molecular flexibility index (Phi) is 17.1. The van der Waals surface area contributed by atoms with Crippen LogP contribution in [-0.4, -0.2) is 98.0 Å². The van der Waals surface area contributed by atoms with Crippen LogP contribution < -0.4 is 20.1 Å². The number of nitrogen functional groups attached to an aromatic ring is 1. The molecule has 0 bridgehead atoms. The van der Waals surface area contributed by atoms with Gasteiger partial charge >= 0.3 is 36.5 Å². The third kappa shape index (κ3) is 12.1. The highest BCUT2D eigenvalue weighted by molar-refractivity contribution is 6.14. The number of carbonyl (C=O) groups excluding carboxylic acids is 4. The zero-order valence-corrected chi connectivity index (χ0v) is 41.1. The first-order chi connectivity index (χ1) is 34.6. The summed E-state index contributed by atoms with van der Waals surface area (Å²) in [5, 5.41) is 8.73. The smallest absolute Gasteiger partial charge is 0.425 e. The number of anilines is 2. The summed E-state index contributed by atoms with van der Waals surface area (Å²) in [6, 6.07) is 2.98. The summed E-state index contributed by atoms with van der Waals surface area (Å²) in [6.45, 7) is 13.1. The van der Waals surface area contributed by atoms with Crippen molar-refractivity contribution in [2.75, 3.05) is 23.8 Å². The zero-order valence-electron chi connectivity index (χ0n) is 41.1. The van der Waals surface area contributed by atoms with E-state index in [1.54, 1.807) is 55.4 Å². The maximum Gasteiger partial charge on any atom is 0.425 e. The van der Waals surface area contributed by atoms with Gasteiger partial charge in [0, 0.05) is 24.5 Å². The van der Waals surface area contributed by atoms with Gasteiger partial charge in [-0.2, -0.15) is 31.2 Å². The Bertz CT molecular complexity index is 3060. The highest BCUT2D eigenvalue weighted by Crippen LogP contribution is 2.47. The van der Waals surface area contributed by atoms with E-state index in [1.807, 2.05) is 0 Å². The average molecular weight is 1080 g/mol. The second kappa shape index (κ2) is 22.1. The van der Waals surface area contributed by atoms with Crippen LogP contribution in [0.25, 0.3) is 22.1 Å². The SMILES string of the molecule is C.C.CCOC(=O)C1(n2nc(Oc3cc(C(F)(F)F)ccn3)c3c(N(C(=O)OC(C)(C)C)C(=O)OC(C)(C)C)ncnc32)CCC1.CCOC(=O)C1(n2nc(Oc3cc(C(F)(F)F)ccn3)c3c(N)ncnc32)CCC1. The first kappa shape index (κ1) is 58.9. The minimum Gasteiger partial charge on any atom is -0.464 e. The summed E-state index contributed by atoms with van der Waals surface area (Å²) in [5.74, 6) is -2.92. The fourth-order valence-electron chi connectivity index (χ4n) is 7.66. The number of halogens is 6. The lowest BCUT2D eigenvalue weighted by Crippen LogP contribution is -2.49. The number of hydrogen-bond donors (Lipinski definition) is 1. The molecule has 2 aliphatic rings. The molecule has 0 saturated heterocycles. The molecule has 0 aromatic carbocycles. The normalized spacial score (nSPS) is 14.8. The van der Waals surface area contributed by atoms with E-state index in [4.69, 9.17) is 34.2 Å². The Balaban J connectivity index is 0.000000291. The van der Waals surface area contributed by atoms with Crippen molar-refractivity contribution in [2.24, 2.45) is 0 Å². The van der Waals surface area contributed by atoms with Crippen molar-refractivity contribution < 1.29 is 73.9 Å². The summed E-state index contributed by atoms with van der Waals surface area (Å²) < 4.78 is 115. The van der Waals surface area contributed by atoms with Gasteiger partial charge in [0.15, 0.2) is 28.2 Å². The summed E-state index contributed by atoms with van der Waals surface area (Å²) in [7, 11) is 0. The molecule has 6 aromatic heterocycles. The van der Waals surface area contributed by atoms with Gasteiger partial charge in [0.1, 0.15) is 40.4 Å². The summed E-state index contributed by atoms with van der Waals surface area (Å²) >= 11 is 0. The lowest BCUT2D eigenvalue weighted by atomic mass is 9.77. The van der Waals surface area contributed by atoms with Crippen LogP contribution in [0.3, 0.4) is 0 Å². The molecule has 0 atom stereocenters. The van der Waals surface area contributed by atoms with Gasteiger partial charge in [0.2, 0.25) is 11.8 Å². The minimum absolute atomic E-state index is 0. The number of ether oxygens (including phenoxy) is 6. The number of fused-ring (bicyclic) bond motifs is 2. The number of pyridine rings is 2. The number of nitrogens with two attached hydrogens (primary N) is 1. The third-order valence-electron chi connectivity index (χ3n) is 11.2. The van der Waals surface area contributed by atoms with E-state index < -0.39 is 87.5 Å². The van der Waals surface area contributed by atoms with Crippen LogP contribution in [0.2, 0.25) is 0 Å². The second-order valence-corrected chi connectivity index (χ2v) is 18.8.